The van der Waals surface area contributed by atoms with Gasteiger partial charge in [0.1, 0.15) is 5.82 Å². The van der Waals surface area contributed by atoms with Gasteiger partial charge >= 0.3 is 0 Å². The zero-order valence-electron chi connectivity index (χ0n) is 21.5. The van der Waals surface area contributed by atoms with E-state index in [0.717, 1.165) is 43.4 Å². The summed E-state index contributed by atoms with van der Waals surface area (Å²) in [6.45, 7) is 0. The fourth-order valence-electron chi connectivity index (χ4n) is 6.13. The van der Waals surface area contributed by atoms with E-state index in [1.54, 1.807) is 0 Å². The number of aromatic amines is 1. The molecule has 4 nitrogen and oxygen atoms in total. The van der Waals surface area contributed by atoms with Gasteiger partial charge in [-0.05, 0) is 74.7 Å². The van der Waals surface area contributed by atoms with Gasteiger partial charge in [0.05, 0.1) is 11.0 Å². The molecule has 3 aromatic carbocycles. The van der Waals surface area contributed by atoms with Gasteiger partial charge in [-0.25, -0.2) is 4.98 Å². The Labute approximate surface area is 213 Å². The van der Waals surface area contributed by atoms with Crippen molar-refractivity contribution < 1.29 is 0 Å². The van der Waals surface area contributed by atoms with Gasteiger partial charge in [-0.2, -0.15) is 0 Å². The number of para-hydroxylation sites is 3. The summed E-state index contributed by atoms with van der Waals surface area (Å²) >= 11 is 0. The number of aromatic nitrogens is 3. The molecular formula is C32H34N4. The Bertz CT molecular complexity index is 1550. The number of rotatable bonds is 6. The van der Waals surface area contributed by atoms with Gasteiger partial charge in [-0.3, -0.25) is 4.90 Å². The molecule has 0 saturated carbocycles. The van der Waals surface area contributed by atoms with E-state index >= 15 is 0 Å². The Kier molecular flexibility index (Phi) is 5.77. The smallest absolute Gasteiger partial charge is 0.109 e. The van der Waals surface area contributed by atoms with Crippen LogP contribution in [0.2, 0.25) is 0 Å². The molecular weight excluding hydrogens is 440 g/mol. The fraction of sp³-hybridized carbons (Fsp3) is 0.281. The monoisotopic (exact) mass is 474 g/mol. The van der Waals surface area contributed by atoms with Crippen molar-refractivity contribution in [3.8, 4) is 0 Å². The standard InChI is InChI=1S/C32H34N4/c1-35(2)32(24-11-5-4-6-12-24)21-19-23(20-22-32)31-26(25-13-7-8-14-27(25)34-31)17-18-30-33-28-15-9-10-16-29(28)36(30)3/h4-16,19,34H,17-18,20-22H2,1-3H3. The first-order valence-corrected chi connectivity index (χ1v) is 13.0. The topological polar surface area (TPSA) is 36.9 Å². The lowest BCUT2D eigenvalue weighted by atomic mass is 9.75. The minimum Gasteiger partial charge on any atom is -0.355 e. The Morgan fingerprint density at radius 1 is 0.917 bits per heavy atom. The summed E-state index contributed by atoms with van der Waals surface area (Å²) in [4.78, 5) is 11.1. The van der Waals surface area contributed by atoms with E-state index in [1.807, 2.05) is 0 Å². The van der Waals surface area contributed by atoms with E-state index < -0.39 is 0 Å². The van der Waals surface area contributed by atoms with E-state index in [0.29, 0.717) is 0 Å². The summed E-state index contributed by atoms with van der Waals surface area (Å²) in [7, 11) is 6.57. The van der Waals surface area contributed by atoms with Crippen LogP contribution in [0, 0.1) is 0 Å². The Balaban J connectivity index is 1.35. The molecule has 0 fully saturated rings. The lowest BCUT2D eigenvalue weighted by molar-refractivity contribution is 0.138. The predicted octanol–water partition coefficient (Wildman–Crippen LogP) is 6.86. The molecule has 1 N–H and O–H groups in total. The third kappa shape index (κ3) is 3.77. The van der Waals surface area contributed by atoms with Crippen molar-refractivity contribution in [3.63, 3.8) is 0 Å². The van der Waals surface area contributed by atoms with Crippen LogP contribution in [0.15, 0.2) is 84.9 Å². The first-order valence-electron chi connectivity index (χ1n) is 13.0. The van der Waals surface area contributed by atoms with Gasteiger partial charge < -0.3 is 9.55 Å². The maximum atomic E-state index is 4.94. The highest BCUT2D eigenvalue weighted by Crippen LogP contribution is 2.43. The summed E-state index contributed by atoms with van der Waals surface area (Å²) in [6, 6.07) is 28.2. The van der Waals surface area contributed by atoms with Crippen LogP contribution >= 0.6 is 0 Å². The molecule has 0 saturated heterocycles. The second-order valence-electron chi connectivity index (χ2n) is 10.3. The molecule has 0 amide bonds. The minimum absolute atomic E-state index is 0.0456. The molecule has 2 aromatic heterocycles. The van der Waals surface area contributed by atoms with Crippen molar-refractivity contribution in [2.75, 3.05) is 14.1 Å². The van der Waals surface area contributed by atoms with Crippen LogP contribution in [0.5, 0.6) is 0 Å². The van der Waals surface area contributed by atoms with Crippen molar-refractivity contribution in [2.45, 2.75) is 37.6 Å². The molecule has 0 radical (unpaired) electrons. The number of allylic oxidation sites excluding steroid dienone is 1. The van der Waals surface area contributed by atoms with Crippen LogP contribution in [0.1, 0.15) is 41.9 Å². The third-order valence-electron chi connectivity index (χ3n) is 8.27. The van der Waals surface area contributed by atoms with Gasteiger partial charge in [0.25, 0.3) is 0 Å². The zero-order chi connectivity index (χ0) is 24.7. The van der Waals surface area contributed by atoms with Crippen LogP contribution in [-0.2, 0) is 25.4 Å². The highest BCUT2D eigenvalue weighted by Gasteiger charge is 2.36. The van der Waals surface area contributed by atoms with Crippen LogP contribution in [0.25, 0.3) is 27.5 Å². The molecule has 5 aromatic rings. The minimum atomic E-state index is 0.0456. The van der Waals surface area contributed by atoms with E-state index in [-0.39, 0.29) is 5.54 Å². The number of aryl methyl sites for hydroxylation is 3. The first kappa shape index (κ1) is 22.8. The number of H-pyrrole nitrogens is 1. The van der Waals surface area contributed by atoms with Gasteiger partial charge in [-0.1, -0.05) is 66.7 Å². The van der Waals surface area contributed by atoms with Crippen molar-refractivity contribution in [1.82, 2.24) is 19.4 Å². The maximum absolute atomic E-state index is 4.94. The Morgan fingerprint density at radius 3 is 2.42 bits per heavy atom. The molecule has 4 heteroatoms. The second kappa shape index (κ2) is 9.11. The van der Waals surface area contributed by atoms with Gasteiger partial charge in [0.2, 0.25) is 0 Å². The van der Waals surface area contributed by atoms with Crippen LogP contribution < -0.4 is 0 Å². The number of fused-ring (bicyclic) bond motifs is 2. The molecule has 1 atom stereocenters. The summed E-state index contributed by atoms with van der Waals surface area (Å²) in [5.41, 5.74) is 9.12. The maximum Gasteiger partial charge on any atom is 0.109 e. The molecule has 1 aliphatic rings. The molecule has 182 valence electrons. The molecule has 1 unspecified atom stereocenters. The van der Waals surface area contributed by atoms with Gasteiger partial charge in [0.15, 0.2) is 0 Å². The number of imidazole rings is 1. The van der Waals surface area contributed by atoms with E-state index in [9.17, 15) is 0 Å². The zero-order valence-corrected chi connectivity index (χ0v) is 21.5. The predicted molar refractivity (Wildman–Crippen MR) is 150 cm³/mol. The third-order valence-corrected chi connectivity index (χ3v) is 8.27. The lowest BCUT2D eigenvalue weighted by Gasteiger charge is -2.43. The average molecular weight is 475 g/mol. The fourth-order valence-corrected chi connectivity index (χ4v) is 6.13. The van der Waals surface area contributed by atoms with Crippen molar-refractivity contribution in [1.29, 1.82) is 0 Å². The van der Waals surface area contributed by atoms with Crippen molar-refractivity contribution in [2.24, 2.45) is 7.05 Å². The first-order chi connectivity index (χ1) is 17.6. The van der Waals surface area contributed by atoms with Crippen molar-refractivity contribution >= 4 is 27.5 Å². The molecule has 36 heavy (non-hydrogen) atoms. The largest absolute Gasteiger partial charge is 0.355 e. The van der Waals surface area contributed by atoms with E-state index in [4.69, 9.17) is 4.98 Å². The highest BCUT2D eigenvalue weighted by molar-refractivity contribution is 5.89. The molecule has 1 aliphatic carbocycles. The SMILES string of the molecule is CN(C)C1(c2ccccc2)CC=C(c2[nH]c3ccccc3c2CCc2nc3ccccc3n2C)CC1. The second-order valence-corrected chi connectivity index (χ2v) is 10.3. The molecule has 0 bridgehead atoms. The van der Waals surface area contributed by atoms with Crippen molar-refractivity contribution in [3.05, 3.63) is 108 Å². The highest BCUT2D eigenvalue weighted by atomic mass is 15.1. The Morgan fingerprint density at radius 2 is 1.67 bits per heavy atom. The quantitative estimate of drug-likeness (QED) is 0.292. The number of nitrogens with zero attached hydrogens (tertiary/aromatic N) is 3. The normalized spacial score (nSPS) is 18.3. The summed E-state index contributed by atoms with van der Waals surface area (Å²) in [6.07, 6.45) is 7.54. The van der Waals surface area contributed by atoms with E-state index in [1.165, 1.54) is 38.8 Å². The van der Waals surface area contributed by atoms with Gasteiger partial charge in [-0.15, -0.1) is 0 Å². The number of hydrogen-bond donors (Lipinski definition) is 1. The molecule has 0 spiro atoms. The summed E-state index contributed by atoms with van der Waals surface area (Å²) in [5, 5.41) is 1.33. The Hall–Kier alpha value is -3.63. The molecule has 6 rings (SSSR count). The summed E-state index contributed by atoms with van der Waals surface area (Å²) in [5.74, 6) is 1.14. The van der Waals surface area contributed by atoms with E-state index in [2.05, 4.69) is 121 Å². The van der Waals surface area contributed by atoms with Crippen LogP contribution in [0.3, 0.4) is 0 Å². The van der Waals surface area contributed by atoms with Crippen LogP contribution in [0.4, 0.5) is 0 Å². The average Bonchev–Trinajstić information content (AvgIpc) is 3.45. The molecule has 0 aliphatic heterocycles. The molecule has 2 heterocycles. The lowest BCUT2D eigenvalue weighted by Crippen LogP contribution is -2.42. The van der Waals surface area contributed by atoms with Crippen LogP contribution in [-0.4, -0.2) is 33.5 Å². The number of benzene rings is 3. The number of nitrogens with one attached hydrogen (secondary N) is 1. The van der Waals surface area contributed by atoms with Gasteiger partial charge in [0, 0.05) is 35.6 Å². The number of hydrogen-bond acceptors (Lipinski definition) is 2. The summed E-state index contributed by atoms with van der Waals surface area (Å²) < 4.78 is 2.25.